The molecule has 4 rings (SSSR count). The highest BCUT2D eigenvalue weighted by Crippen LogP contribution is 2.40. The van der Waals surface area contributed by atoms with Gasteiger partial charge in [0.1, 0.15) is 0 Å². The summed E-state index contributed by atoms with van der Waals surface area (Å²) in [6.07, 6.45) is 4.36. The van der Waals surface area contributed by atoms with E-state index in [2.05, 4.69) is 5.32 Å². The van der Waals surface area contributed by atoms with Gasteiger partial charge in [-0.05, 0) is 49.9 Å². The van der Waals surface area contributed by atoms with Crippen molar-refractivity contribution in [2.24, 2.45) is 0 Å². The molecule has 3 aromatic rings. The molecule has 0 unspecified atom stereocenters. The van der Waals surface area contributed by atoms with E-state index < -0.39 is 5.63 Å². The second-order valence-electron chi connectivity index (χ2n) is 6.58. The number of hydrogen-bond acceptors (Lipinski definition) is 5. The van der Waals surface area contributed by atoms with E-state index in [1.165, 1.54) is 6.07 Å². The highest BCUT2D eigenvalue weighted by Gasteiger charge is 2.22. The van der Waals surface area contributed by atoms with Crippen molar-refractivity contribution in [1.82, 2.24) is 0 Å². The number of hydrogen-bond donors (Lipinski definition) is 1. The Morgan fingerprint density at radius 3 is 2.63 bits per heavy atom. The van der Waals surface area contributed by atoms with Gasteiger partial charge in [0, 0.05) is 11.5 Å². The monoisotopic (exact) mass is 385 g/mol. The largest absolute Gasteiger partial charge is 0.493 e. The van der Waals surface area contributed by atoms with Crippen LogP contribution in [0.25, 0.3) is 11.0 Å². The topological polar surface area (TPSA) is 60.7 Å². The molecular formula is C21H20ClNO4. The van der Waals surface area contributed by atoms with Crippen LogP contribution in [0.5, 0.6) is 11.5 Å². The van der Waals surface area contributed by atoms with Crippen molar-refractivity contribution in [2.75, 3.05) is 12.4 Å². The lowest BCUT2D eigenvalue weighted by molar-refractivity contribution is 0.200. The SMILES string of the molecule is COc1ccc2c(Nc3ccccc3Cl)cc(=O)oc2c1OC1CCCC1. The van der Waals surface area contributed by atoms with Crippen LogP contribution < -0.4 is 20.4 Å². The number of ether oxygens (including phenoxy) is 2. The highest BCUT2D eigenvalue weighted by atomic mass is 35.5. The molecule has 27 heavy (non-hydrogen) atoms. The van der Waals surface area contributed by atoms with E-state index >= 15 is 0 Å². The Kier molecular flexibility index (Phi) is 4.94. The van der Waals surface area contributed by atoms with Crippen LogP contribution in [0.3, 0.4) is 0 Å². The average Bonchev–Trinajstić information content (AvgIpc) is 3.17. The molecule has 140 valence electrons. The van der Waals surface area contributed by atoms with E-state index in [-0.39, 0.29) is 6.10 Å². The van der Waals surface area contributed by atoms with Gasteiger partial charge in [0.25, 0.3) is 0 Å². The Balaban J connectivity index is 1.83. The zero-order valence-corrected chi connectivity index (χ0v) is 15.7. The van der Waals surface area contributed by atoms with Crippen molar-refractivity contribution < 1.29 is 13.9 Å². The van der Waals surface area contributed by atoms with Crippen molar-refractivity contribution in [3.63, 3.8) is 0 Å². The molecule has 1 saturated carbocycles. The lowest BCUT2D eigenvalue weighted by Crippen LogP contribution is -2.12. The first-order valence-electron chi connectivity index (χ1n) is 8.99. The minimum Gasteiger partial charge on any atom is -0.493 e. The number of nitrogens with one attached hydrogen (secondary N) is 1. The van der Waals surface area contributed by atoms with Gasteiger partial charge >= 0.3 is 5.63 Å². The molecule has 0 aliphatic heterocycles. The minimum absolute atomic E-state index is 0.106. The molecule has 1 fully saturated rings. The van der Waals surface area contributed by atoms with Gasteiger partial charge in [-0.2, -0.15) is 0 Å². The molecule has 2 aromatic carbocycles. The molecule has 0 saturated heterocycles. The summed E-state index contributed by atoms with van der Waals surface area (Å²) in [7, 11) is 1.58. The van der Waals surface area contributed by atoms with Crippen LogP contribution in [0.15, 0.2) is 51.7 Å². The van der Waals surface area contributed by atoms with Gasteiger partial charge in [-0.15, -0.1) is 0 Å². The summed E-state index contributed by atoms with van der Waals surface area (Å²) in [5, 5.41) is 4.52. The predicted octanol–water partition coefficient (Wildman–Crippen LogP) is 5.52. The third-order valence-electron chi connectivity index (χ3n) is 4.78. The van der Waals surface area contributed by atoms with Crippen molar-refractivity contribution in [2.45, 2.75) is 31.8 Å². The zero-order chi connectivity index (χ0) is 18.8. The lowest BCUT2D eigenvalue weighted by Gasteiger charge is -2.18. The Labute approximate surface area is 161 Å². The molecule has 1 heterocycles. The second-order valence-corrected chi connectivity index (χ2v) is 6.99. The molecule has 0 atom stereocenters. The van der Waals surface area contributed by atoms with Gasteiger partial charge in [-0.25, -0.2) is 4.79 Å². The highest BCUT2D eigenvalue weighted by molar-refractivity contribution is 6.33. The summed E-state index contributed by atoms with van der Waals surface area (Å²) >= 11 is 6.25. The molecule has 1 aliphatic carbocycles. The summed E-state index contributed by atoms with van der Waals surface area (Å²) in [5.74, 6) is 1.02. The number of anilines is 2. The summed E-state index contributed by atoms with van der Waals surface area (Å²) in [5.41, 5.74) is 1.22. The molecule has 1 N–H and O–H groups in total. The molecule has 1 aromatic heterocycles. The normalized spacial score (nSPS) is 14.4. The Bertz CT molecular complexity index is 1020. The van der Waals surface area contributed by atoms with Gasteiger partial charge in [-0.1, -0.05) is 23.7 Å². The number of rotatable bonds is 5. The summed E-state index contributed by atoms with van der Waals surface area (Å²) in [4.78, 5) is 12.2. The third-order valence-corrected chi connectivity index (χ3v) is 5.11. The molecule has 1 aliphatic rings. The van der Waals surface area contributed by atoms with E-state index in [0.717, 1.165) is 31.1 Å². The lowest BCUT2D eigenvalue weighted by atomic mass is 10.1. The van der Waals surface area contributed by atoms with Crippen molar-refractivity contribution in [3.05, 3.63) is 57.9 Å². The van der Waals surface area contributed by atoms with Crippen LogP contribution in [0, 0.1) is 0 Å². The van der Waals surface area contributed by atoms with Crippen molar-refractivity contribution >= 4 is 33.9 Å². The number of fused-ring (bicyclic) bond motifs is 1. The first-order valence-corrected chi connectivity index (χ1v) is 9.36. The first kappa shape index (κ1) is 17.7. The molecule has 0 radical (unpaired) electrons. The Morgan fingerprint density at radius 1 is 1.11 bits per heavy atom. The predicted molar refractivity (Wildman–Crippen MR) is 107 cm³/mol. The fraction of sp³-hybridized carbons (Fsp3) is 0.286. The number of benzene rings is 2. The average molecular weight is 386 g/mol. The van der Waals surface area contributed by atoms with E-state index in [9.17, 15) is 4.79 Å². The molecular weight excluding hydrogens is 366 g/mol. The van der Waals surface area contributed by atoms with E-state index in [0.29, 0.717) is 33.5 Å². The molecule has 6 heteroatoms. The second kappa shape index (κ2) is 7.53. The van der Waals surface area contributed by atoms with Crippen molar-refractivity contribution in [3.8, 4) is 11.5 Å². The number of para-hydroxylation sites is 1. The van der Waals surface area contributed by atoms with Crippen LogP contribution in [0.2, 0.25) is 5.02 Å². The third kappa shape index (κ3) is 3.60. The van der Waals surface area contributed by atoms with Crippen LogP contribution >= 0.6 is 11.6 Å². The number of halogens is 1. The van der Waals surface area contributed by atoms with Crippen LogP contribution in [0.1, 0.15) is 25.7 Å². The fourth-order valence-corrected chi connectivity index (χ4v) is 3.62. The first-order chi connectivity index (χ1) is 13.2. The summed E-state index contributed by atoms with van der Waals surface area (Å²) < 4.78 is 17.2. The Hall–Kier alpha value is -2.66. The quantitative estimate of drug-likeness (QED) is 0.586. The maximum Gasteiger partial charge on any atom is 0.338 e. The zero-order valence-electron chi connectivity index (χ0n) is 15.0. The molecule has 0 bridgehead atoms. The molecule has 5 nitrogen and oxygen atoms in total. The molecule has 0 spiro atoms. The summed E-state index contributed by atoms with van der Waals surface area (Å²) in [6.45, 7) is 0. The van der Waals surface area contributed by atoms with Crippen LogP contribution in [-0.2, 0) is 0 Å². The fourth-order valence-electron chi connectivity index (χ4n) is 3.44. The summed E-state index contributed by atoms with van der Waals surface area (Å²) in [6, 6.07) is 12.4. The maximum absolute atomic E-state index is 12.2. The van der Waals surface area contributed by atoms with E-state index in [1.807, 2.05) is 30.3 Å². The smallest absolute Gasteiger partial charge is 0.338 e. The molecule has 0 amide bonds. The standard InChI is InChI=1S/C21H20ClNO4/c1-25-18-11-10-14-17(23-16-9-5-4-8-15(16)22)12-19(24)27-20(14)21(18)26-13-6-2-3-7-13/h4-5,8-13,23H,2-3,6-7H2,1H3. The van der Waals surface area contributed by atoms with Gasteiger partial charge < -0.3 is 19.2 Å². The number of methoxy groups -OCH3 is 1. The van der Waals surface area contributed by atoms with Gasteiger partial charge in [0.05, 0.1) is 29.6 Å². The Morgan fingerprint density at radius 2 is 1.89 bits per heavy atom. The van der Waals surface area contributed by atoms with E-state index in [1.54, 1.807) is 13.2 Å². The van der Waals surface area contributed by atoms with Gasteiger partial charge in [0.15, 0.2) is 11.3 Å². The van der Waals surface area contributed by atoms with E-state index in [4.69, 9.17) is 25.5 Å². The van der Waals surface area contributed by atoms with Crippen LogP contribution in [0.4, 0.5) is 11.4 Å². The maximum atomic E-state index is 12.2. The van der Waals surface area contributed by atoms with Gasteiger partial charge in [-0.3, -0.25) is 0 Å². The minimum atomic E-state index is -0.471. The van der Waals surface area contributed by atoms with Gasteiger partial charge in [0.2, 0.25) is 5.75 Å². The van der Waals surface area contributed by atoms with Crippen LogP contribution in [-0.4, -0.2) is 13.2 Å². The van der Waals surface area contributed by atoms with Crippen molar-refractivity contribution in [1.29, 1.82) is 0 Å².